The van der Waals surface area contributed by atoms with Crippen molar-refractivity contribution >= 4 is 5.97 Å². The lowest BCUT2D eigenvalue weighted by Crippen LogP contribution is -2.16. The molecule has 0 radical (unpaired) electrons. The first-order chi connectivity index (χ1) is 5.04. The summed E-state index contributed by atoms with van der Waals surface area (Å²) >= 11 is 0. The van der Waals surface area contributed by atoms with Gasteiger partial charge in [0.2, 0.25) is 0 Å². The average Bonchev–Trinajstić information content (AvgIpc) is 1.86. The maximum Gasteiger partial charge on any atom is 0.308 e. The van der Waals surface area contributed by atoms with Crippen molar-refractivity contribution < 1.29 is 14.6 Å². The molecule has 0 saturated carbocycles. The molecule has 1 unspecified atom stereocenters. The summed E-state index contributed by atoms with van der Waals surface area (Å²) in [4.78, 5) is 10.3. The first kappa shape index (κ1) is 10.2. The van der Waals surface area contributed by atoms with Crippen molar-refractivity contribution in [3.05, 3.63) is 12.2 Å². The fourth-order valence-corrected chi connectivity index (χ4v) is 0.481. The van der Waals surface area contributed by atoms with Crippen LogP contribution < -0.4 is 0 Å². The zero-order valence-electron chi connectivity index (χ0n) is 6.96. The molecule has 0 bridgehead atoms. The van der Waals surface area contributed by atoms with E-state index in [0.717, 1.165) is 5.57 Å². The van der Waals surface area contributed by atoms with Gasteiger partial charge in [0.25, 0.3) is 0 Å². The van der Waals surface area contributed by atoms with Gasteiger partial charge >= 0.3 is 5.97 Å². The fourth-order valence-electron chi connectivity index (χ4n) is 0.481. The van der Waals surface area contributed by atoms with Gasteiger partial charge in [-0.05, 0) is 13.8 Å². The van der Waals surface area contributed by atoms with E-state index in [9.17, 15) is 4.79 Å². The highest BCUT2D eigenvalue weighted by atomic mass is 16.5. The van der Waals surface area contributed by atoms with Crippen LogP contribution in [-0.4, -0.2) is 24.3 Å². The van der Waals surface area contributed by atoms with Gasteiger partial charge in [0.1, 0.15) is 0 Å². The van der Waals surface area contributed by atoms with Crippen LogP contribution in [0.4, 0.5) is 0 Å². The predicted octanol–water partition coefficient (Wildman–Crippen LogP) is 1.30. The van der Waals surface area contributed by atoms with E-state index in [4.69, 9.17) is 9.84 Å². The highest BCUT2D eigenvalue weighted by Gasteiger charge is 2.09. The van der Waals surface area contributed by atoms with Gasteiger partial charge in [0, 0.05) is 0 Å². The molecule has 0 heterocycles. The maximum absolute atomic E-state index is 10.3. The molecule has 0 aromatic heterocycles. The molecular formula is C8H14O3. The van der Waals surface area contributed by atoms with Crippen molar-refractivity contribution in [2.75, 3.05) is 13.2 Å². The van der Waals surface area contributed by atoms with Gasteiger partial charge in [0.15, 0.2) is 0 Å². The van der Waals surface area contributed by atoms with Gasteiger partial charge in [-0.1, -0.05) is 12.2 Å². The van der Waals surface area contributed by atoms with Gasteiger partial charge < -0.3 is 9.84 Å². The molecule has 0 rings (SSSR count). The molecule has 3 nitrogen and oxygen atoms in total. The number of carboxylic acid groups (broad SMARTS) is 1. The Morgan fingerprint density at radius 2 is 2.27 bits per heavy atom. The molecule has 0 aromatic carbocycles. The van der Waals surface area contributed by atoms with Crippen molar-refractivity contribution in [2.24, 2.45) is 5.92 Å². The Morgan fingerprint density at radius 3 is 2.64 bits per heavy atom. The maximum atomic E-state index is 10.3. The van der Waals surface area contributed by atoms with Crippen molar-refractivity contribution in [1.82, 2.24) is 0 Å². The Hall–Kier alpha value is -0.830. The number of hydrogen-bond donors (Lipinski definition) is 1. The second kappa shape index (κ2) is 4.91. The Labute approximate surface area is 66.7 Å². The van der Waals surface area contributed by atoms with Gasteiger partial charge in [-0.2, -0.15) is 0 Å². The largest absolute Gasteiger partial charge is 0.481 e. The van der Waals surface area contributed by atoms with Gasteiger partial charge in [0.05, 0.1) is 19.1 Å². The van der Waals surface area contributed by atoms with Crippen LogP contribution in [0, 0.1) is 5.92 Å². The van der Waals surface area contributed by atoms with E-state index < -0.39 is 11.9 Å². The summed E-state index contributed by atoms with van der Waals surface area (Å²) in [6.45, 7) is 7.77. The SMILES string of the molecule is C=C(C)COCC(C)C(=O)O. The minimum absolute atomic E-state index is 0.252. The minimum Gasteiger partial charge on any atom is -0.481 e. The summed E-state index contributed by atoms with van der Waals surface area (Å²) in [5.41, 5.74) is 0.905. The van der Waals surface area contributed by atoms with E-state index in [1.54, 1.807) is 6.92 Å². The summed E-state index contributed by atoms with van der Waals surface area (Å²) in [6, 6.07) is 0. The summed E-state index contributed by atoms with van der Waals surface area (Å²) in [5.74, 6) is -1.26. The van der Waals surface area contributed by atoms with Crippen LogP contribution in [0.25, 0.3) is 0 Å². The van der Waals surface area contributed by atoms with E-state index in [2.05, 4.69) is 6.58 Å². The van der Waals surface area contributed by atoms with Gasteiger partial charge in [-0.15, -0.1) is 0 Å². The number of ether oxygens (including phenoxy) is 1. The van der Waals surface area contributed by atoms with E-state index >= 15 is 0 Å². The van der Waals surface area contributed by atoms with E-state index in [0.29, 0.717) is 6.61 Å². The molecule has 64 valence electrons. The molecule has 1 N–H and O–H groups in total. The molecule has 1 atom stereocenters. The predicted molar refractivity (Wildman–Crippen MR) is 42.4 cm³/mol. The van der Waals surface area contributed by atoms with Crippen LogP contribution >= 0.6 is 0 Å². The molecule has 0 amide bonds. The fraction of sp³-hybridized carbons (Fsp3) is 0.625. The monoisotopic (exact) mass is 158 g/mol. The zero-order valence-corrected chi connectivity index (χ0v) is 6.96. The van der Waals surface area contributed by atoms with Gasteiger partial charge in [-0.25, -0.2) is 0 Å². The highest BCUT2D eigenvalue weighted by molar-refractivity contribution is 5.69. The molecule has 0 fully saturated rings. The lowest BCUT2D eigenvalue weighted by molar-refractivity contribution is -0.142. The quantitative estimate of drug-likeness (QED) is 0.613. The summed E-state index contributed by atoms with van der Waals surface area (Å²) in [6.07, 6.45) is 0. The molecule has 0 spiro atoms. The van der Waals surface area contributed by atoms with E-state index in [1.807, 2.05) is 6.92 Å². The molecule has 0 aliphatic rings. The third-order valence-electron chi connectivity index (χ3n) is 1.14. The van der Waals surface area contributed by atoms with Crippen molar-refractivity contribution in [3.8, 4) is 0 Å². The Morgan fingerprint density at radius 1 is 1.73 bits per heavy atom. The average molecular weight is 158 g/mol. The second-order valence-corrected chi connectivity index (χ2v) is 2.71. The first-order valence-corrected chi connectivity index (χ1v) is 3.49. The Balaban J connectivity index is 3.39. The molecule has 0 aliphatic carbocycles. The second-order valence-electron chi connectivity index (χ2n) is 2.71. The van der Waals surface area contributed by atoms with Crippen LogP contribution in [0.5, 0.6) is 0 Å². The molecule has 11 heavy (non-hydrogen) atoms. The molecule has 0 aromatic rings. The van der Waals surface area contributed by atoms with Crippen molar-refractivity contribution in [1.29, 1.82) is 0 Å². The molecular weight excluding hydrogens is 144 g/mol. The van der Waals surface area contributed by atoms with Crippen LogP contribution in [0.2, 0.25) is 0 Å². The van der Waals surface area contributed by atoms with Crippen molar-refractivity contribution in [2.45, 2.75) is 13.8 Å². The van der Waals surface area contributed by atoms with Crippen LogP contribution in [-0.2, 0) is 9.53 Å². The van der Waals surface area contributed by atoms with Gasteiger partial charge in [-0.3, -0.25) is 4.79 Å². The number of rotatable bonds is 5. The van der Waals surface area contributed by atoms with Crippen LogP contribution in [0.15, 0.2) is 12.2 Å². The first-order valence-electron chi connectivity index (χ1n) is 3.49. The third kappa shape index (κ3) is 5.61. The summed E-state index contributed by atoms with van der Waals surface area (Å²) in [7, 11) is 0. The lowest BCUT2D eigenvalue weighted by atomic mass is 10.2. The number of hydrogen-bond acceptors (Lipinski definition) is 2. The number of carbonyl (C=O) groups is 1. The normalized spacial score (nSPS) is 12.5. The van der Waals surface area contributed by atoms with E-state index in [-0.39, 0.29) is 6.61 Å². The Kier molecular flexibility index (Phi) is 4.54. The molecule has 0 saturated heterocycles. The topological polar surface area (TPSA) is 46.5 Å². The zero-order chi connectivity index (χ0) is 8.85. The summed E-state index contributed by atoms with van der Waals surface area (Å²) in [5, 5.41) is 8.44. The van der Waals surface area contributed by atoms with Crippen molar-refractivity contribution in [3.63, 3.8) is 0 Å². The van der Waals surface area contributed by atoms with Crippen LogP contribution in [0.1, 0.15) is 13.8 Å². The molecule has 3 heteroatoms. The summed E-state index contributed by atoms with van der Waals surface area (Å²) < 4.78 is 5.04. The minimum atomic E-state index is -0.827. The number of carboxylic acids is 1. The van der Waals surface area contributed by atoms with E-state index in [1.165, 1.54) is 0 Å². The standard InChI is InChI=1S/C8H14O3/c1-6(2)4-11-5-7(3)8(9)10/h7H,1,4-5H2,2-3H3,(H,9,10). The van der Waals surface area contributed by atoms with Crippen LogP contribution in [0.3, 0.4) is 0 Å². The Bertz CT molecular complexity index is 151. The smallest absolute Gasteiger partial charge is 0.308 e. The lowest BCUT2D eigenvalue weighted by Gasteiger charge is -2.06. The molecule has 0 aliphatic heterocycles. The highest BCUT2D eigenvalue weighted by Crippen LogP contribution is 1.97. The third-order valence-corrected chi connectivity index (χ3v) is 1.14. The number of aliphatic carboxylic acids is 1.